The molecule has 1 rings (SSSR count). The highest BCUT2D eigenvalue weighted by Crippen LogP contribution is 2.31. The number of aromatic nitrogens is 1. The van der Waals surface area contributed by atoms with Gasteiger partial charge in [0.1, 0.15) is 15.2 Å². The van der Waals surface area contributed by atoms with Crippen LogP contribution in [0.15, 0.2) is 21.6 Å². The normalized spacial score (nSPS) is 12.9. The highest BCUT2D eigenvalue weighted by atomic mass is 79.9. The van der Waals surface area contributed by atoms with Crippen LogP contribution in [-0.4, -0.2) is 13.4 Å². The van der Waals surface area contributed by atoms with Crippen molar-refractivity contribution in [3.05, 3.63) is 22.4 Å². The molecule has 0 aliphatic carbocycles. The molecule has 1 aromatic rings. The average molecular weight is 325 g/mol. The minimum Gasteiger partial charge on any atom is -0.235 e. The maximum absolute atomic E-state index is 12.1. The maximum atomic E-state index is 12.1. The fourth-order valence-corrected chi connectivity index (χ4v) is 2.85. The van der Waals surface area contributed by atoms with Crippen LogP contribution < -0.4 is 0 Å². The Morgan fingerprint density at radius 2 is 1.87 bits per heavy atom. The van der Waals surface area contributed by atoms with Crippen molar-refractivity contribution in [2.75, 3.05) is 0 Å². The number of nitrogens with zero attached hydrogens (tertiary/aromatic N) is 1. The Morgan fingerprint density at radius 1 is 1.33 bits per heavy atom. The summed E-state index contributed by atoms with van der Waals surface area (Å²) < 4.78 is 57.6. The molecule has 0 unspecified atom stereocenters. The predicted octanol–water partition coefficient (Wildman–Crippen LogP) is 2.79. The Bertz CT molecular complexity index is 488. The molecule has 0 bridgehead atoms. The van der Waals surface area contributed by atoms with Crippen molar-refractivity contribution < 1.29 is 21.6 Å². The van der Waals surface area contributed by atoms with E-state index in [1.807, 2.05) is 0 Å². The number of alkyl halides is 3. The Labute approximate surface area is 95.8 Å². The summed E-state index contributed by atoms with van der Waals surface area (Å²) in [6.45, 7) is 0. The van der Waals surface area contributed by atoms with Crippen LogP contribution in [0.2, 0.25) is 0 Å². The van der Waals surface area contributed by atoms with Crippen molar-refractivity contribution in [3.63, 3.8) is 0 Å². The Balaban J connectivity index is 3.34. The lowest BCUT2D eigenvalue weighted by atomic mass is 10.3. The molecule has 84 valence electrons. The maximum Gasteiger partial charge on any atom is 0.433 e. The SMILES string of the molecule is O=S(=O)(Cl)c1ccc(C(F)(F)F)nc1Br. The number of pyridine rings is 1. The number of halogens is 5. The largest absolute Gasteiger partial charge is 0.433 e. The number of rotatable bonds is 1. The lowest BCUT2D eigenvalue weighted by molar-refractivity contribution is -0.141. The van der Waals surface area contributed by atoms with E-state index in [0.717, 1.165) is 6.07 Å². The Hall–Kier alpha value is -0.340. The van der Waals surface area contributed by atoms with Crippen molar-refractivity contribution in [2.24, 2.45) is 0 Å². The van der Waals surface area contributed by atoms with Gasteiger partial charge in [-0.15, -0.1) is 0 Å². The van der Waals surface area contributed by atoms with Gasteiger partial charge in [0, 0.05) is 10.7 Å². The van der Waals surface area contributed by atoms with Gasteiger partial charge < -0.3 is 0 Å². The lowest BCUT2D eigenvalue weighted by Gasteiger charge is -2.06. The van der Waals surface area contributed by atoms with Gasteiger partial charge in [-0.2, -0.15) is 13.2 Å². The van der Waals surface area contributed by atoms with Gasteiger partial charge >= 0.3 is 6.18 Å². The summed E-state index contributed by atoms with van der Waals surface area (Å²) in [4.78, 5) is 2.54. The third-order valence-electron chi connectivity index (χ3n) is 1.37. The van der Waals surface area contributed by atoms with Crippen molar-refractivity contribution >= 4 is 35.7 Å². The van der Waals surface area contributed by atoms with Gasteiger partial charge in [0.2, 0.25) is 0 Å². The van der Waals surface area contributed by atoms with Crippen molar-refractivity contribution in [2.45, 2.75) is 11.1 Å². The van der Waals surface area contributed by atoms with E-state index in [9.17, 15) is 21.6 Å². The zero-order valence-electron chi connectivity index (χ0n) is 6.72. The molecule has 0 fully saturated rings. The van der Waals surface area contributed by atoms with Crippen LogP contribution in [0.5, 0.6) is 0 Å². The highest BCUT2D eigenvalue weighted by molar-refractivity contribution is 9.10. The molecule has 0 N–H and O–H groups in total. The van der Waals surface area contributed by atoms with Crippen LogP contribution >= 0.6 is 26.6 Å². The molecule has 0 radical (unpaired) electrons. The van der Waals surface area contributed by atoms with Crippen molar-refractivity contribution in [1.29, 1.82) is 0 Å². The van der Waals surface area contributed by atoms with E-state index >= 15 is 0 Å². The molecule has 15 heavy (non-hydrogen) atoms. The third kappa shape index (κ3) is 3.05. The summed E-state index contributed by atoms with van der Waals surface area (Å²) >= 11 is 2.60. The first kappa shape index (κ1) is 12.7. The number of hydrogen-bond acceptors (Lipinski definition) is 3. The zero-order chi connectivity index (χ0) is 11.9. The van der Waals surface area contributed by atoms with E-state index in [-0.39, 0.29) is 0 Å². The third-order valence-corrected chi connectivity index (χ3v) is 3.59. The summed E-state index contributed by atoms with van der Waals surface area (Å²) in [6.07, 6.45) is -4.63. The van der Waals surface area contributed by atoms with Crippen LogP contribution in [0.1, 0.15) is 5.69 Å². The van der Waals surface area contributed by atoms with Gasteiger partial charge in [-0.25, -0.2) is 13.4 Å². The van der Waals surface area contributed by atoms with Crippen LogP contribution in [0.3, 0.4) is 0 Å². The smallest absolute Gasteiger partial charge is 0.235 e. The van der Waals surface area contributed by atoms with Crippen molar-refractivity contribution in [3.8, 4) is 0 Å². The summed E-state index contributed by atoms with van der Waals surface area (Å²) in [7, 11) is 0.851. The first-order valence-electron chi connectivity index (χ1n) is 3.31. The summed E-state index contributed by atoms with van der Waals surface area (Å²) in [5.41, 5.74) is -1.20. The molecule has 0 spiro atoms. The molecule has 0 atom stereocenters. The van der Waals surface area contributed by atoms with Crippen LogP contribution in [0.25, 0.3) is 0 Å². The van der Waals surface area contributed by atoms with E-state index in [2.05, 4.69) is 20.9 Å². The molecule has 1 heterocycles. The number of hydrogen-bond donors (Lipinski definition) is 0. The van der Waals surface area contributed by atoms with Gasteiger partial charge in [-0.3, -0.25) is 0 Å². The summed E-state index contributed by atoms with van der Waals surface area (Å²) in [5, 5.41) is 0. The predicted molar refractivity (Wildman–Crippen MR) is 50.0 cm³/mol. The molecule has 3 nitrogen and oxygen atoms in total. The molecule has 0 amide bonds. The fraction of sp³-hybridized carbons (Fsp3) is 0.167. The second-order valence-electron chi connectivity index (χ2n) is 2.42. The topological polar surface area (TPSA) is 47.0 Å². The second kappa shape index (κ2) is 3.91. The Morgan fingerprint density at radius 3 is 2.20 bits per heavy atom. The summed E-state index contributed by atoms with van der Waals surface area (Å²) in [5.74, 6) is 0. The monoisotopic (exact) mass is 323 g/mol. The van der Waals surface area contributed by atoms with Gasteiger partial charge in [0.15, 0.2) is 0 Å². The van der Waals surface area contributed by atoms with Crippen LogP contribution in [0, 0.1) is 0 Å². The molecule has 0 saturated carbocycles. The molecular formula is C6H2BrClF3NO2S. The first-order valence-corrected chi connectivity index (χ1v) is 6.41. The molecule has 0 saturated heterocycles. The highest BCUT2D eigenvalue weighted by Gasteiger charge is 2.33. The van der Waals surface area contributed by atoms with Gasteiger partial charge in [-0.05, 0) is 28.1 Å². The van der Waals surface area contributed by atoms with E-state index in [4.69, 9.17) is 10.7 Å². The minimum absolute atomic E-state index is 0.465. The minimum atomic E-state index is -4.63. The zero-order valence-corrected chi connectivity index (χ0v) is 9.87. The quantitative estimate of drug-likeness (QED) is 0.589. The first-order chi connectivity index (χ1) is 6.62. The van der Waals surface area contributed by atoms with Gasteiger partial charge in [-0.1, -0.05) is 0 Å². The molecule has 0 aliphatic rings. The lowest BCUT2D eigenvalue weighted by Crippen LogP contribution is -2.09. The van der Waals surface area contributed by atoms with Crippen LogP contribution in [0.4, 0.5) is 13.2 Å². The van der Waals surface area contributed by atoms with E-state index in [0.29, 0.717) is 6.07 Å². The molecule has 9 heteroatoms. The van der Waals surface area contributed by atoms with Crippen molar-refractivity contribution in [1.82, 2.24) is 4.98 Å². The van der Waals surface area contributed by atoms with Gasteiger partial charge in [0.05, 0.1) is 0 Å². The second-order valence-corrected chi connectivity index (χ2v) is 5.71. The van der Waals surface area contributed by atoms with Gasteiger partial charge in [0.25, 0.3) is 9.05 Å². The van der Waals surface area contributed by atoms with E-state index in [1.54, 1.807) is 0 Å². The molecule has 0 aromatic carbocycles. The van der Waals surface area contributed by atoms with E-state index < -0.39 is 30.4 Å². The Kier molecular flexibility index (Phi) is 3.32. The van der Waals surface area contributed by atoms with E-state index in [1.165, 1.54) is 0 Å². The standard InChI is InChI=1S/C6H2BrClF3NO2S/c7-5-3(15(8,13)14)1-2-4(12-5)6(9,10)11/h1-2H. The van der Waals surface area contributed by atoms with Crippen LogP contribution in [-0.2, 0) is 15.2 Å². The molecule has 1 aromatic heterocycles. The summed E-state index contributed by atoms with van der Waals surface area (Å²) in [6, 6.07) is 1.28. The average Bonchev–Trinajstić information content (AvgIpc) is 1.99. The fourth-order valence-electron chi connectivity index (χ4n) is 0.761. The molecular weight excluding hydrogens is 322 g/mol. The molecule has 0 aliphatic heterocycles.